The third-order valence-corrected chi connectivity index (χ3v) is 4.48. The number of carbonyl (C=O) groups excluding carboxylic acids is 1. The highest BCUT2D eigenvalue weighted by Crippen LogP contribution is 2.12. The lowest BCUT2D eigenvalue weighted by Crippen LogP contribution is -2.47. The van der Waals surface area contributed by atoms with Crippen LogP contribution in [-0.2, 0) is 11.3 Å². The van der Waals surface area contributed by atoms with Gasteiger partial charge in [-0.05, 0) is 32.0 Å². The fourth-order valence-electron chi connectivity index (χ4n) is 3.14. The third kappa shape index (κ3) is 3.94. The summed E-state index contributed by atoms with van der Waals surface area (Å²) in [7, 11) is 1.94. The molecule has 1 amide bonds. The molecule has 1 N–H and O–H groups in total. The van der Waals surface area contributed by atoms with Crippen LogP contribution in [0.2, 0.25) is 0 Å². The quantitative estimate of drug-likeness (QED) is 0.905. The minimum atomic E-state index is -0.0870. The van der Waals surface area contributed by atoms with Crippen LogP contribution in [0.15, 0.2) is 35.3 Å². The van der Waals surface area contributed by atoms with E-state index in [1.165, 1.54) is 6.20 Å². The van der Waals surface area contributed by atoms with Crippen molar-refractivity contribution in [2.24, 2.45) is 0 Å². The average molecular weight is 351 g/mol. The summed E-state index contributed by atoms with van der Waals surface area (Å²) >= 11 is 0. The summed E-state index contributed by atoms with van der Waals surface area (Å²) in [6, 6.07) is 7.76. The molecule has 0 radical (unpaired) electrons. The molecule has 0 aliphatic carbocycles. The van der Waals surface area contributed by atoms with Crippen LogP contribution >= 0.6 is 12.4 Å². The molecule has 6 nitrogen and oxygen atoms in total. The van der Waals surface area contributed by atoms with Gasteiger partial charge in [0.2, 0.25) is 11.3 Å². The molecule has 1 aliphatic rings. The van der Waals surface area contributed by atoms with E-state index in [0.717, 1.165) is 31.4 Å². The molecule has 2 heterocycles. The van der Waals surface area contributed by atoms with E-state index in [4.69, 9.17) is 0 Å². The molecule has 0 spiro atoms. The van der Waals surface area contributed by atoms with Crippen molar-refractivity contribution in [1.82, 2.24) is 20.0 Å². The van der Waals surface area contributed by atoms with Crippen molar-refractivity contribution < 1.29 is 4.79 Å². The number of fused-ring (bicyclic) bond motifs is 1. The van der Waals surface area contributed by atoms with Gasteiger partial charge in [-0.25, -0.2) is 0 Å². The predicted molar refractivity (Wildman–Crippen MR) is 96.5 cm³/mol. The van der Waals surface area contributed by atoms with Crippen LogP contribution in [0.25, 0.3) is 10.9 Å². The number of rotatable bonds is 4. The number of para-hydroxylation sites is 1. The number of likely N-dealkylation sites (tertiary alicyclic amines) is 1. The van der Waals surface area contributed by atoms with Crippen molar-refractivity contribution in [3.63, 3.8) is 0 Å². The smallest absolute Gasteiger partial charge is 0.224 e. The molecule has 1 aromatic carbocycles. The number of aryl methyl sites for hydroxylation is 1. The maximum atomic E-state index is 12.4. The van der Waals surface area contributed by atoms with Crippen molar-refractivity contribution in [1.29, 1.82) is 0 Å². The molecule has 3 rings (SSSR count). The average Bonchev–Trinajstić information content (AvgIpc) is 2.61. The van der Waals surface area contributed by atoms with Gasteiger partial charge < -0.3 is 10.2 Å². The predicted octanol–water partition coefficient (Wildman–Crippen LogP) is 1.42. The number of halogens is 1. The highest BCUT2D eigenvalue weighted by molar-refractivity contribution is 5.85. The number of nitrogens with one attached hydrogen (secondary N) is 1. The van der Waals surface area contributed by atoms with Crippen LogP contribution < -0.4 is 10.7 Å². The van der Waals surface area contributed by atoms with Gasteiger partial charge in [-0.2, -0.15) is 5.10 Å². The number of piperidine rings is 1. The summed E-state index contributed by atoms with van der Waals surface area (Å²) in [4.78, 5) is 26.2. The highest BCUT2D eigenvalue weighted by atomic mass is 35.5. The first-order chi connectivity index (χ1) is 11.2. The maximum Gasteiger partial charge on any atom is 0.224 e. The van der Waals surface area contributed by atoms with Crippen LogP contribution in [0.3, 0.4) is 0 Å². The Morgan fingerprint density at radius 2 is 2.17 bits per heavy atom. The zero-order valence-electron chi connectivity index (χ0n) is 13.8. The van der Waals surface area contributed by atoms with Crippen LogP contribution in [0.1, 0.15) is 19.3 Å². The standard InChI is InChI=1S/C17H22N4O2.ClH/c1-18-13-5-4-9-20(12-13)17(23)8-10-21-15-7-3-2-6-14(15)16(22)11-19-21;/h2-3,6-7,11,13,18H,4-5,8-10,12H2,1H3;1H. The Kier molecular flexibility index (Phi) is 6.34. The van der Waals surface area contributed by atoms with Crippen LogP contribution in [0.4, 0.5) is 0 Å². The third-order valence-electron chi connectivity index (χ3n) is 4.48. The number of carbonyl (C=O) groups is 1. The molecule has 130 valence electrons. The summed E-state index contributed by atoms with van der Waals surface area (Å²) < 4.78 is 1.74. The first kappa shape index (κ1) is 18.4. The Hall–Kier alpha value is -1.92. The molecule has 1 aliphatic heterocycles. The number of hydrogen-bond donors (Lipinski definition) is 1. The lowest BCUT2D eigenvalue weighted by atomic mass is 10.1. The van der Waals surface area contributed by atoms with E-state index in [1.807, 2.05) is 30.1 Å². The summed E-state index contributed by atoms with van der Waals surface area (Å²) in [5.74, 6) is 0.148. The first-order valence-corrected chi connectivity index (χ1v) is 8.09. The molecule has 0 saturated carbocycles. The molecule has 1 unspecified atom stereocenters. The van der Waals surface area contributed by atoms with E-state index in [-0.39, 0.29) is 23.7 Å². The van der Waals surface area contributed by atoms with Crippen molar-refractivity contribution in [3.8, 4) is 0 Å². The van der Waals surface area contributed by atoms with Crippen molar-refractivity contribution in [3.05, 3.63) is 40.7 Å². The Bertz CT molecular complexity index is 762. The van der Waals surface area contributed by atoms with Crippen LogP contribution in [-0.4, -0.2) is 46.8 Å². The molecule has 24 heavy (non-hydrogen) atoms. The van der Waals surface area contributed by atoms with E-state index < -0.39 is 0 Å². The molecule has 7 heteroatoms. The normalized spacial score (nSPS) is 17.5. The monoisotopic (exact) mass is 350 g/mol. The summed E-state index contributed by atoms with van der Waals surface area (Å²) in [5, 5.41) is 8.06. The van der Waals surface area contributed by atoms with Crippen molar-refractivity contribution in [2.45, 2.75) is 31.8 Å². The number of amides is 1. The van der Waals surface area contributed by atoms with Crippen LogP contribution in [0.5, 0.6) is 0 Å². The summed E-state index contributed by atoms with van der Waals surface area (Å²) in [6.45, 7) is 2.09. The zero-order valence-corrected chi connectivity index (χ0v) is 14.6. The Labute approximate surface area is 147 Å². The van der Waals surface area contributed by atoms with Gasteiger partial charge in [0, 0.05) is 30.9 Å². The Balaban J connectivity index is 0.00000208. The Morgan fingerprint density at radius 1 is 1.38 bits per heavy atom. The topological polar surface area (TPSA) is 67.2 Å². The highest BCUT2D eigenvalue weighted by Gasteiger charge is 2.22. The molecule has 1 aromatic heterocycles. The largest absolute Gasteiger partial charge is 0.341 e. The first-order valence-electron chi connectivity index (χ1n) is 8.09. The lowest BCUT2D eigenvalue weighted by molar-refractivity contribution is -0.132. The van der Waals surface area contributed by atoms with E-state index in [9.17, 15) is 9.59 Å². The van der Waals surface area contributed by atoms with Gasteiger partial charge >= 0.3 is 0 Å². The van der Waals surface area contributed by atoms with E-state index in [1.54, 1.807) is 10.7 Å². The number of benzene rings is 1. The van der Waals surface area contributed by atoms with Gasteiger partial charge in [0.25, 0.3) is 0 Å². The van der Waals surface area contributed by atoms with Gasteiger partial charge in [0.1, 0.15) is 0 Å². The van der Waals surface area contributed by atoms with E-state index >= 15 is 0 Å². The SMILES string of the molecule is CNC1CCCN(C(=O)CCn2ncc(=O)c3ccccc32)C1.Cl. The minimum absolute atomic E-state index is 0. The van der Waals surface area contributed by atoms with Crippen molar-refractivity contribution >= 4 is 29.2 Å². The number of aromatic nitrogens is 2. The van der Waals surface area contributed by atoms with Crippen LogP contribution in [0, 0.1) is 0 Å². The summed E-state index contributed by atoms with van der Waals surface area (Å²) in [5.41, 5.74) is 0.690. The molecule has 1 saturated heterocycles. The van der Waals surface area contributed by atoms with Gasteiger partial charge in [-0.3, -0.25) is 14.3 Å². The van der Waals surface area contributed by atoms with E-state index in [2.05, 4.69) is 10.4 Å². The molecular weight excluding hydrogens is 328 g/mol. The second-order valence-electron chi connectivity index (χ2n) is 5.97. The number of likely N-dealkylation sites (N-methyl/N-ethyl adjacent to an activating group) is 1. The van der Waals surface area contributed by atoms with Gasteiger partial charge in [-0.15, -0.1) is 12.4 Å². The minimum Gasteiger partial charge on any atom is -0.341 e. The molecule has 0 bridgehead atoms. The van der Waals surface area contributed by atoms with Gasteiger partial charge in [-0.1, -0.05) is 12.1 Å². The lowest BCUT2D eigenvalue weighted by Gasteiger charge is -2.32. The fraction of sp³-hybridized carbons (Fsp3) is 0.471. The molecular formula is C17H23ClN4O2. The van der Waals surface area contributed by atoms with Gasteiger partial charge in [0.05, 0.1) is 18.3 Å². The fourth-order valence-corrected chi connectivity index (χ4v) is 3.14. The van der Waals surface area contributed by atoms with E-state index in [0.29, 0.717) is 24.4 Å². The molecule has 1 atom stereocenters. The second-order valence-corrected chi connectivity index (χ2v) is 5.97. The maximum absolute atomic E-state index is 12.4. The van der Waals surface area contributed by atoms with Gasteiger partial charge in [0.15, 0.2) is 0 Å². The second kappa shape index (κ2) is 8.26. The Morgan fingerprint density at radius 3 is 2.96 bits per heavy atom. The number of hydrogen-bond acceptors (Lipinski definition) is 4. The molecule has 1 fully saturated rings. The number of nitrogens with zero attached hydrogens (tertiary/aromatic N) is 3. The summed E-state index contributed by atoms with van der Waals surface area (Å²) in [6.07, 6.45) is 3.88. The molecule has 2 aromatic rings. The zero-order chi connectivity index (χ0) is 16.2. The van der Waals surface area contributed by atoms with Crippen molar-refractivity contribution in [2.75, 3.05) is 20.1 Å².